The van der Waals surface area contributed by atoms with Crippen molar-refractivity contribution in [2.75, 3.05) is 31.6 Å². The molecule has 3 heterocycles. The first-order valence-corrected chi connectivity index (χ1v) is 8.71. The molecule has 3 aliphatic rings. The lowest BCUT2D eigenvalue weighted by Crippen LogP contribution is -2.64. The van der Waals surface area contributed by atoms with Crippen molar-refractivity contribution >= 4 is 23.6 Å². The number of imide groups is 1. The van der Waals surface area contributed by atoms with Crippen molar-refractivity contribution in [3.63, 3.8) is 0 Å². The van der Waals surface area contributed by atoms with Gasteiger partial charge >= 0.3 is 6.03 Å². The van der Waals surface area contributed by atoms with Crippen LogP contribution in [0.2, 0.25) is 0 Å². The maximum absolute atomic E-state index is 12.8. The number of amides is 3. The highest BCUT2D eigenvalue weighted by atomic mass is 16.2. The summed E-state index contributed by atoms with van der Waals surface area (Å²) in [4.78, 5) is 37.1. The molecule has 0 aliphatic carbocycles. The lowest BCUT2D eigenvalue weighted by atomic mass is 10.1. The van der Waals surface area contributed by atoms with Crippen LogP contribution in [0.5, 0.6) is 0 Å². The Bertz CT molecular complexity index is 790. The molecule has 7 nitrogen and oxygen atoms in total. The fourth-order valence-corrected chi connectivity index (χ4v) is 4.06. The van der Waals surface area contributed by atoms with E-state index in [-0.39, 0.29) is 11.9 Å². The number of benzene rings is 1. The third kappa shape index (κ3) is 2.14. The van der Waals surface area contributed by atoms with E-state index in [1.54, 1.807) is 11.9 Å². The number of hydrogen-bond donors (Lipinski definition) is 0. The van der Waals surface area contributed by atoms with E-state index in [4.69, 9.17) is 4.99 Å². The Morgan fingerprint density at radius 1 is 1.20 bits per heavy atom. The van der Waals surface area contributed by atoms with Crippen molar-refractivity contribution in [2.45, 2.75) is 33.0 Å². The second-order valence-electron chi connectivity index (χ2n) is 6.90. The van der Waals surface area contributed by atoms with E-state index >= 15 is 0 Å². The predicted molar refractivity (Wildman–Crippen MR) is 95.5 cm³/mol. The molecule has 2 unspecified atom stereocenters. The fraction of sp³-hybridized carbons (Fsp3) is 0.500. The summed E-state index contributed by atoms with van der Waals surface area (Å²) in [6, 6.07) is 5.67. The molecule has 0 aromatic heterocycles. The van der Waals surface area contributed by atoms with Crippen LogP contribution >= 0.6 is 0 Å². The molecule has 25 heavy (non-hydrogen) atoms. The standard InChI is InChI=1S/C18H23N5O2/c1-5-21-16(24)14-15(20(4)18(21)25)19-17-22(8-9-23(14)17)13-7-6-11(2)10-12(13)3/h6-7,10,14-15H,5,8-9H2,1-4H3. The van der Waals surface area contributed by atoms with Gasteiger partial charge in [-0.2, -0.15) is 0 Å². The first-order chi connectivity index (χ1) is 11.9. The summed E-state index contributed by atoms with van der Waals surface area (Å²) < 4.78 is 0. The van der Waals surface area contributed by atoms with E-state index in [1.807, 2.05) is 6.92 Å². The number of carbonyl (C=O) groups excluding carboxylic acids is 2. The molecule has 2 saturated heterocycles. The summed E-state index contributed by atoms with van der Waals surface area (Å²) in [7, 11) is 1.72. The topological polar surface area (TPSA) is 59.5 Å². The molecule has 1 aromatic carbocycles. The van der Waals surface area contributed by atoms with Gasteiger partial charge in [0.15, 0.2) is 12.2 Å². The van der Waals surface area contributed by atoms with E-state index in [1.165, 1.54) is 16.0 Å². The zero-order valence-corrected chi connectivity index (χ0v) is 15.1. The normalized spacial score (nSPS) is 25.5. The van der Waals surface area contributed by atoms with Crippen LogP contribution in [0.25, 0.3) is 0 Å². The van der Waals surface area contributed by atoms with Gasteiger partial charge in [0.1, 0.15) is 0 Å². The molecule has 0 spiro atoms. The zero-order valence-electron chi connectivity index (χ0n) is 15.1. The first-order valence-electron chi connectivity index (χ1n) is 8.71. The number of guanidine groups is 1. The van der Waals surface area contributed by atoms with Crippen molar-refractivity contribution in [1.29, 1.82) is 0 Å². The van der Waals surface area contributed by atoms with Gasteiger partial charge in [-0.15, -0.1) is 0 Å². The Labute approximate surface area is 147 Å². The van der Waals surface area contributed by atoms with Gasteiger partial charge in [0, 0.05) is 32.4 Å². The summed E-state index contributed by atoms with van der Waals surface area (Å²) in [6.45, 7) is 7.91. The summed E-state index contributed by atoms with van der Waals surface area (Å²) in [6.07, 6.45) is -0.439. The number of aliphatic imine (C=N–C) groups is 1. The molecule has 1 aromatic rings. The third-order valence-electron chi connectivity index (χ3n) is 5.34. The Morgan fingerprint density at radius 3 is 2.64 bits per heavy atom. The van der Waals surface area contributed by atoms with Crippen LogP contribution in [0.3, 0.4) is 0 Å². The molecular weight excluding hydrogens is 318 g/mol. The Morgan fingerprint density at radius 2 is 1.96 bits per heavy atom. The average molecular weight is 341 g/mol. The Kier molecular flexibility index (Phi) is 3.49. The molecule has 3 aliphatic heterocycles. The molecule has 0 saturated carbocycles. The molecule has 0 N–H and O–H groups in total. The summed E-state index contributed by atoms with van der Waals surface area (Å²) in [5, 5.41) is 0. The van der Waals surface area contributed by atoms with E-state index in [0.717, 1.165) is 24.7 Å². The molecule has 0 radical (unpaired) electrons. The number of likely N-dealkylation sites (N-methyl/N-ethyl adjacent to an activating group) is 2. The van der Waals surface area contributed by atoms with Crippen molar-refractivity contribution in [3.05, 3.63) is 29.3 Å². The van der Waals surface area contributed by atoms with Crippen LogP contribution in [-0.2, 0) is 4.79 Å². The monoisotopic (exact) mass is 341 g/mol. The lowest BCUT2D eigenvalue weighted by Gasteiger charge is -2.40. The van der Waals surface area contributed by atoms with Crippen molar-refractivity contribution in [2.24, 2.45) is 4.99 Å². The third-order valence-corrected chi connectivity index (χ3v) is 5.34. The summed E-state index contributed by atoms with van der Waals surface area (Å²) in [5.41, 5.74) is 3.52. The smallest absolute Gasteiger partial charge is 0.325 e. The van der Waals surface area contributed by atoms with Crippen LogP contribution < -0.4 is 4.90 Å². The molecule has 3 amide bonds. The van der Waals surface area contributed by atoms with Crippen molar-refractivity contribution in [1.82, 2.24) is 14.7 Å². The van der Waals surface area contributed by atoms with Gasteiger partial charge in [-0.05, 0) is 32.4 Å². The quantitative estimate of drug-likeness (QED) is 0.816. The van der Waals surface area contributed by atoms with E-state index in [9.17, 15) is 9.59 Å². The number of nitrogens with zero attached hydrogens (tertiary/aromatic N) is 5. The van der Waals surface area contributed by atoms with Gasteiger partial charge in [0.25, 0.3) is 5.91 Å². The molecule has 2 fully saturated rings. The highest BCUT2D eigenvalue weighted by Crippen LogP contribution is 2.34. The number of rotatable bonds is 2. The minimum absolute atomic E-state index is 0.142. The number of hydrogen-bond acceptors (Lipinski definition) is 5. The second-order valence-corrected chi connectivity index (χ2v) is 6.90. The van der Waals surface area contributed by atoms with E-state index in [2.05, 4.69) is 41.8 Å². The van der Waals surface area contributed by atoms with E-state index in [0.29, 0.717) is 6.54 Å². The average Bonchev–Trinajstić information content (AvgIpc) is 3.13. The summed E-state index contributed by atoms with van der Waals surface area (Å²) >= 11 is 0. The second kappa shape index (κ2) is 5.47. The number of carbonyl (C=O) groups is 2. The van der Waals surface area contributed by atoms with Gasteiger partial charge in [-0.1, -0.05) is 17.7 Å². The molecule has 4 rings (SSSR count). The first kappa shape index (κ1) is 15.9. The molecule has 0 bridgehead atoms. The van der Waals surface area contributed by atoms with Gasteiger partial charge in [-0.25, -0.2) is 9.79 Å². The predicted octanol–water partition coefficient (Wildman–Crippen LogP) is 1.40. The maximum atomic E-state index is 12.8. The molecule has 7 heteroatoms. The highest BCUT2D eigenvalue weighted by molar-refractivity contribution is 6.08. The minimum atomic E-state index is -0.439. The van der Waals surface area contributed by atoms with Crippen molar-refractivity contribution in [3.8, 4) is 0 Å². The molecular formula is C18H23N5O2. The lowest BCUT2D eigenvalue weighted by molar-refractivity contribution is -0.137. The van der Waals surface area contributed by atoms with Gasteiger partial charge in [0.2, 0.25) is 5.96 Å². The molecule has 132 valence electrons. The highest BCUT2D eigenvalue weighted by Gasteiger charge is 2.54. The van der Waals surface area contributed by atoms with Crippen LogP contribution in [0.15, 0.2) is 23.2 Å². The van der Waals surface area contributed by atoms with Crippen LogP contribution in [0.4, 0.5) is 10.5 Å². The van der Waals surface area contributed by atoms with Crippen LogP contribution in [0.1, 0.15) is 18.1 Å². The van der Waals surface area contributed by atoms with Gasteiger partial charge < -0.3 is 14.7 Å². The largest absolute Gasteiger partial charge is 0.328 e. The number of anilines is 1. The minimum Gasteiger partial charge on any atom is -0.325 e. The van der Waals surface area contributed by atoms with Gasteiger partial charge in [0.05, 0.1) is 0 Å². The zero-order chi connectivity index (χ0) is 17.9. The van der Waals surface area contributed by atoms with Crippen molar-refractivity contribution < 1.29 is 9.59 Å². The fourth-order valence-electron chi connectivity index (χ4n) is 4.06. The number of aryl methyl sites for hydroxylation is 2. The number of fused-ring (bicyclic) bond motifs is 3. The SMILES string of the molecule is CCN1C(=O)C2C(N=C3N(c4ccc(C)cc4C)CCN32)N(C)C1=O. The number of urea groups is 1. The van der Waals surface area contributed by atoms with E-state index < -0.39 is 12.2 Å². The maximum Gasteiger partial charge on any atom is 0.328 e. The Balaban J connectivity index is 1.71. The Hall–Kier alpha value is -2.57. The molecule has 2 atom stereocenters. The summed E-state index contributed by atoms with van der Waals surface area (Å²) in [5.74, 6) is 0.657. The van der Waals surface area contributed by atoms with Crippen LogP contribution in [0, 0.1) is 13.8 Å². The van der Waals surface area contributed by atoms with Gasteiger partial charge in [-0.3, -0.25) is 9.69 Å². The van der Waals surface area contributed by atoms with Crippen LogP contribution in [-0.4, -0.2) is 71.5 Å².